The fraction of sp³-hybridized carbons (Fsp3) is 0.400. The molecular weight excluding hydrogens is 430 g/mol. The first kappa shape index (κ1) is 17.6. The second-order valence-corrected chi connectivity index (χ2v) is 6.96. The van der Waals surface area contributed by atoms with Crippen LogP contribution in [0, 0.1) is 9.49 Å². The highest BCUT2D eigenvalue weighted by Crippen LogP contribution is 2.44. The molecule has 1 N–H and O–H groups in total. The van der Waals surface area contributed by atoms with Crippen LogP contribution in [0.4, 0.5) is 18.9 Å². The first-order valence-electron chi connectivity index (χ1n) is 6.69. The Morgan fingerprint density at radius 2 is 2.00 bits per heavy atom. The van der Waals surface area contributed by atoms with Crippen molar-refractivity contribution in [3.63, 3.8) is 0 Å². The highest BCUT2D eigenvalue weighted by atomic mass is 127. The largest absolute Gasteiger partial charge is 0.471 e. The predicted octanol–water partition coefficient (Wildman–Crippen LogP) is 5.52. The molecule has 0 saturated carbocycles. The number of benzene rings is 1. The van der Waals surface area contributed by atoms with Crippen molar-refractivity contribution in [2.45, 2.75) is 32.4 Å². The fourth-order valence-corrected chi connectivity index (χ4v) is 3.70. The van der Waals surface area contributed by atoms with Crippen molar-refractivity contribution in [2.75, 3.05) is 5.32 Å². The van der Waals surface area contributed by atoms with Crippen LogP contribution in [0.25, 0.3) is 5.03 Å². The van der Waals surface area contributed by atoms with Crippen molar-refractivity contribution in [2.24, 2.45) is 5.92 Å². The van der Waals surface area contributed by atoms with E-state index in [-0.39, 0.29) is 17.5 Å². The van der Waals surface area contributed by atoms with Crippen LogP contribution in [0.3, 0.4) is 0 Å². The van der Waals surface area contributed by atoms with Crippen LogP contribution in [0.1, 0.15) is 37.3 Å². The van der Waals surface area contributed by atoms with Gasteiger partial charge in [0, 0.05) is 19.9 Å². The van der Waals surface area contributed by atoms with Crippen molar-refractivity contribution in [3.8, 4) is 0 Å². The quantitative estimate of drug-likeness (QED) is 0.569. The maximum absolute atomic E-state index is 12.5. The summed E-state index contributed by atoms with van der Waals surface area (Å²) >= 11 is 8.41. The number of fused-ring (bicyclic) bond motifs is 1. The number of hydrogen-bond acceptors (Lipinski definition) is 1. The molecule has 0 radical (unpaired) electrons. The van der Waals surface area contributed by atoms with Crippen LogP contribution >= 0.6 is 34.2 Å². The third-order valence-corrected chi connectivity index (χ3v) is 5.16. The number of hydrogen-bond donors (Lipinski definition) is 1. The molecule has 0 fully saturated rings. The molecule has 0 saturated heterocycles. The topological polar surface area (TPSA) is 29.1 Å². The van der Waals surface area contributed by atoms with Gasteiger partial charge in [-0.25, -0.2) is 0 Å². The van der Waals surface area contributed by atoms with Crippen LogP contribution in [0.15, 0.2) is 18.2 Å². The molecule has 1 amide bonds. The summed E-state index contributed by atoms with van der Waals surface area (Å²) in [5.41, 5.74) is 1.54. The summed E-state index contributed by atoms with van der Waals surface area (Å²) in [7, 11) is 0. The van der Waals surface area contributed by atoms with Crippen LogP contribution in [0.2, 0.25) is 0 Å². The van der Waals surface area contributed by atoms with Crippen LogP contribution in [0.5, 0.6) is 0 Å². The van der Waals surface area contributed by atoms with Gasteiger partial charge in [-0.05, 0) is 58.5 Å². The highest BCUT2D eigenvalue weighted by Gasteiger charge is 2.39. The van der Waals surface area contributed by atoms with E-state index in [9.17, 15) is 18.0 Å². The lowest BCUT2D eigenvalue weighted by Crippen LogP contribution is -2.30. The first-order valence-corrected chi connectivity index (χ1v) is 8.15. The zero-order valence-corrected chi connectivity index (χ0v) is 14.8. The van der Waals surface area contributed by atoms with Gasteiger partial charge in [-0.15, -0.1) is 0 Å². The molecule has 22 heavy (non-hydrogen) atoms. The second-order valence-electron chi connectivity index (χ2n) is 5.39. The number of alkyl halides is 3. The molecule has 2 unspecified atom stereocenters. The van der Waals surface area contributed by atoms with Gasteiger partial charge >= 0.3 is 12.1 Å². The van der Waals surface area contributed by atoms with Crippen molar-refractivity contribution in [3.05, 3.63) is 32.9 Å². The van der Waals surface area contributed by atoms with E-state index in [1.165, 1.54) is 6.07 Å². The summed E-state index contributed by atoms with van der Waals surface area (Å²) in [6.07, 6.45) is -2.31. The van der Waals surface area contributed by atoms with Crippen molar-refractivity contribution in [1.29, 1.82) is 0 Å². The Labute approximate surface area is 145 Å². The van der Waals surface area contributed by atoms with Gasteiger partial charge in [0.25, 0.3) is 0 Å². The van der Waals surface area contributed by atoms with Gasteiger partial charge in [-0.3, -0.25) is 4.79 Å². The van der Waals surface area contributed by atoms with Crippen LogP contribution < -0.4 is 5.32 Å². The number of allylic oxidation sites excluding steroid dienone is 1. The number of amides is 1. The standard InChI is InChI=1S/C15H14ClF3INO/c1-7-3-4-9(16)13-10(20)5-6-11(12(13)8(7)2)21-14(22)15(17,18)19/h4-8H,3H2,1-2H3,(H,21,22). The zero-order chi connectivity index (χ0) is 16.7. The Kier molecular flexibility index (Phi) is 5.11. The normalized spacial score (nSPS) is 21.7. The molecule has 0 heterocycles. The molecule has 120 valence electrons. The Hall–Kier alpha value is -0.760. The number of rotatable bonds is 1. The zero-order valence-electron chi connectivity index (χ0n) is 11.9. The van der Waals surface area contributed by atoms with Gasteiger partial charge in [0.15, 0.2) is 0 Å². The van der Waals surface area contributed by atoms with Gasteiger partial charge in [0.05, 0.1) is 0 Å². The molecule has 2 nitrogen and oxygen atoms in total. The Balaban J connectivity index is 2.58. The Morgan fingerprint density at radius 3 is 2.59 bits per heavy atom. The van der Waals surface area contributed by atoms with Crippen LogP contribution in [-0.2, 0) is 4.79 Å². The SMILES string of the molecule is CC1CC=C(Cl)c2c(I)ccc(NC(=O)C(F)(F)F)c2C1C. The Morgan fingerprint density at radius 1 is 1.36 bits per heavy atom. The average Bonchev–Trinajstić information content (AvgIpc) is 2.53. The molecule has 1 aliphatic carbocycles. The summed E-state index contributed by atoms with van der Waals surface area (Å²) in [5, 5.41) is 2.50. The molecule has 1 aromatic rings. The summed E-state index contributed by atoms with van der Waals surface area (Å²) < 4.78 is 38.4. The predicted molar refractivity (Wildman–Crippen MR) is 89.9 cm³/mol. The number of nitrogens with one attached hydrogen (secondary N) is 1. The van der Waals surface area contributed by atoms with Crippen molar-refractivity contribution < 1.29 is 18.0 Å². The fourth-order valence-electron chi connectivity index (χ4n) is 2.49. The van der Waals surface area contributed by atoms with E-state index >= 15 is 0 Å². The second kappa shape index (κ2) is 6.39. The van der Waals surface area contributed by atoms with Crippen molar-refractivity contribution in [1.82, 2.24) is 0 Å². The first-order chi connectivity index (χ1) is 10.1. The molecular formula is C15H14ClF3INO. The number of carbonyl (C=O) groups is 1. The molecule has 7 heteroatoms. The monoisotopic (exact) mass is 443 g/mol. The molecule has 2 rings (SSSR count). The van der Waals surface area contributed by atoms with Crippen molar-refractivity contribution >= 4 is 50.8 Å². The number of anilines is 1. The molecule has 0 bridgehead atoms. The number of halogens is 5. The summed E-state index contributed by atoms with van der Waals surface area (Å²) in [6, 6.07) is 3.16. The lowest BCUT2D eigenvalue weighted by Gasteiger charge is -2.24. The average molecular weight is 444 g/mol. The summed E-state index contributed by atoms with van der Waals surface area (Å²) in [6.45, 7) is 3.95. The molecule has 1 aromatic carbocycles. The smallest absolute Gasteiger partial charge is 0.318 e. The molecule has 1 aliphatic rings. The molecule has 0 aromatic heterocycles. The van der Waals surface area contributed by atoms with E-state index in [1.807, 2.05) is 25.2 Å². The lowest BCUT2D eigenvalue weighted by molar-refractivity contribution is -0.167. The highest BCUT2D eigenvalue weighted by molar-refractivity contribution is 14.1. The molecule has 2 atom stereocenters. The van der Waals surface area contributed by atoms with E-state index in [4.69, 9.17) is 11.6 Å². The minimum Gasteiger partial charge on any atom is -0.318 e. The lowest BCUT2D eigenvalue weighted by atomic mass is 9.85. The molecule has 0 aliphatic heterocycles. The minimum atomic E-state index is -4.92. The van der Waals surface area contributed by atoms with Gasteiger partial charge in [-0.1, -0.05) is 31.5 Å². The third-order valence-electron chi connectivity index (χ3n) is 3.92. The van der Waals surface area contributed by atoms with Gasteiger partial charge < -0.3 is 5.32 Å². The summed E-state index contributed by atoms with van der Waals surface area (Å²) in [5.74, 6) is -1.80. The molecule has 0 spiro atoms. The van der Waals surface area contributed by atoms with Crippen LogP contribution in [-0.4, -0.2) is 12.1 Å². The van der Waals surface area contributed by atoms with Gasteiger partial charge in [0.1, 0.15) is 0 Å². The van der Waals surface area contributed by atoms with E-state index < -0.39 is 12.1 Å². The Bertz CT molecular complexity index is 642. The third kappa shape index (κ3) is 3.42. The minimum absolute atomic E-state index is 0.0271. The maximum Gasteiger partial charge on any atom is 0.471 e. The van der Waals surface area contributed by atoms with E-state index in [1.54, 1.807) is 6.07 Å². The van der Waals surface area contributed by atoms with E-state index in [0.717, 1.165) is 9.99 Å². The number of carbonyl (C=O) groups excluding carboxylic acids is 1. The van der Waals surface area contributed by atoms with Gasteiger partial charge in [-0.2, -0.15) is 13.2 Å². The van der Waals surface area contributed by atoms with E-state index in [2.05, 4.69) is 22.6 Å². The maximum atomic E-state index is 12.5. The summed E-state index contributed by atoms with van der Waals surface area (Å²) in [4.78, 5) is 11.3. The van der Waals surface area contributed by atoms with Gasteiger partial charge in [0.2, 0.25) is 0 Å². The van der Waals surface area contributed by atoms with E-state index in [0.29, 0.717) is 16.2 Å².